The number of hydrogen-bond donors (Lipinski definition) is 1. The summed E-state index contributed by atoms with van der Waals surface area (Å²) in [6, 6.07) is 7.75. The highest BCUT2D eigenvalue weighted by molar-refractivity contribution is 7.13. The van der Waals surface area contributed by atoms with Crippen LogP contribution in [0.25, 0.3) is 16.3 Å². The fourth-order valence-corrected chi connectivity index (χ4v) is 2.25. The molecule has 3 aromatic rings. The number of pyridine rings is 1. The molecule has 3 rings (SSSR count). The van der Waals surface area contributed by atoms with Gasteiger partial charge in [0, 0.05) is 0 Å². The number of anilines is 1. The standard InChI is InChI=1S/C11H10N4S/c1-7-8(12)4-5-10-13-11(14-15(7)10)9-3-2-6-16-9/h2-6H,12H2,1H3. The van der Waals surface area contributed by atoms with Crippen LogP contribution in [-0.2, 0) is 0 Å². The number of hydrogen-bond acceptors (Lipinski definition) is 4. The minimum atomic E-state index is 0.732. The van der Waals surface area contributed by atoms with Gasteiger partial charge in [-0.05, 0) is 30.5 Å². The maximum absolute atomic E-state index is 5.83. The first-order valence-electron chi connectivity index (χ1n) is 4.91. The van der Waals surface area contributed by atoms with Gasteiger partial charge in [0.25, 0.3) is 0 Å². The quantitative estimate of drug-likeness (QED) is 0.698. The highest BCUT2D eigenvalue weighted by Crippen LogP contribution is 2.23. The summed E-state index contributed by atoms with van der Waals surface area (Å²) in [4.78, 5) is 5.53. The molecule has 0 unspecified atom stereocenters. The van der Waals surface area contributed by atoms with E-state index in [1.807, 2.05) is 36.6 Å². The van der Waals surface area contributed by atoms with Gasteiger partial charge in [-0.15, -0.1) is 16.4 Å². The van der Waals surface area contributed by atoms with Crippen molar-refractivity contribution in [3.05, 3.63) is 35.3 Å². The molecule has 0 saturated heterocycles. The van der Waals surface area contributed by atoms with Gasteiger partial charge >= 0.3 is 0 Å². The van der Waals surface area contributed by atoms with Gasteiger partial charge in [-0.3, -0.25) is 0 Å². The van der Waals surface area contributed by atoms with Crippen molar-refractivity contribution in [2.75, 3.05) is 5.73 Å². The molecule has 4 nitrogen and oxygen atoms in total. The maximum Gasteiger partial charge on any atom is 0.192 e. The molecular formula is C11H10N4S. The Hall–Kier alpha value is -1.88. The Labute approximate surface area is 96.4 Å². The average molecular weight is 230 g/mol. The molecular weight excluding hydrogens is 220 g/mol. The molecule has 3 aromatic heterocycles. The van der Waals surface area contributed by atoms with E-state index in [4.69, 9.17) is 5.73 Å². The van der Waals surface area contributed by atoms with Gasteiger partial charge in [-0.2, -0.15) is 0 Å². The lowest BCUT2D eigenvalue weighted by atomic mass is 10.3. The largest absolute Gasteiger partial charge is 0.397 e. The lowest BCUT2D eigenvalue weighted by Gasteiger charge is -2.00. The van der Waals surface area contributed by atoms with Crippen LogP contribution in [0.4, 0.5) is 5.69 Å². The molecule has 0 bridgehead atoms. The Morgan fingerprint density at radius 1 is 1.31 bits per heavy atom. The number of nitrogens with zero attached hydrogens (tertiary/aromatic N) is 3. The predicted octanol–water partition coefficient (Wildman–Crippen LogP) is 2.35. The lowest BCUT2D eigenvalue weighted by molar-refractivity contribution is 0.923. The van der Waals surface area contributed by atoms with Crippen molar-refractivity contribution >= 4 is 22.7 Å². The summed E-state index contributed by atoms with van der Waals surface area (Å²) in [6.07, 6.45) is 0. The molecule has 0 spiro atoms. The molecule has 5 heteroatoms. The van der Waals surface area contributed by atoms with E-state index in [9.17, 15) is 0 Å². The molecule has 0 aromatic carbocycles. The number of fused-ring (bicyclic) bond motifs is 1. The summed E-state index contributed by atoms with van der Waals surface area (Å²) in [5.74, 6) is 0.753. The monoisotopic (exact) mass is 230 g/mol. The van der Waals surface area contributed by atoms with Crippen molar-refractivity contribution in [2.45, 2.75) is 6.92 Å². The third-order valence-electron chi connectivity index (χ3n) is 2.52. The van der Waals surface area contributed by atoms with E-state index < -0.39 is 0 Å². The van der Waals surface area contributed by atoms with Crippen molar-refractivity contribution in [2.24, 2.45) is 0 Å². The summed E-state index contributed by atoms with van der Waals surface area (Å²) in [6.45, 7) is 1.94. The van der Waals surface area contributed by atoms with Gasteiger partial charge < -0.3 is 5.73 Å². The zero-order valence-electron chi connectivity index (χ0n) is 8.71. The smallest absolute Gasteiger partial charge is 0.192 e. The fraction of sp³-hybridized carbons (Fsp3) is 0.0909. The molecule has 3 heterocycles. The molecule has 0 fully saturated rings. The molecule has 0 radical (unpaired) electrons. The van der Waals surface area contributed by atoms with Crippen LogP contribution in [-0.4, -0.2) is 14.6 Å². The van der Waals surface area contributed by atoms with Crippen LogP contribution < -0.4 is 5.73 Å². The van der Waals surface area contributed by atoms with Crippen LogP contribution in [0.3, 0.4) is 0 Å². The summed E-state index contributed by atoms with van der Waals surface area (Å²) in [5.41, 5.74) is 8.31. The number of nitrogens with two attached hydrogens (primary N) is 1. The van der Waals surface area contributed by atoms with Crippen molar-refractivity contribution < 1.29 is 0 Å². The average Bonchev–Trinajstić information content (AvgIpc) is 2.91. The molecule has 0 atom stereocenters. The van der Waals surface area contributed by atoms with Crippen molar-refractivity contribution in [3.8, 4) is 10.7 Å². The van der Waals surface area contributed by atoms with E-state index in [2.05, 4.69) is 10.1 Å². The van der Waals surface area contributed by atoms with Crippen LogP contribution in [0.1, 0.15) is 5.69 Å². The van der Waals surface area contributed by atoms with Crippen LogP contribution in [0, 0.1) is 6.92 Å². The second-order valence-corrected chi connectivity index (χ2v) is 4.50. The van der Waals surface area contributed by atoms with Crippen molar-refractivity contribution in [1.29, 1.82) is 0 Å². The Morgan fingerprint density at radius 2 is 2.19 bits per heavy atom. The summed E-state index contributed by atoms with van der Waals surface area (Å²) < 4.78 is 1.78. The van der Waals surface area contributed by atoms with E-state index >= 15 is 0 Å². The highest BCUT2D eigenvalue weighted by Gasteiger charge is 2.09. The third kappa shape index (κ3) is 1.29. The highest BCUT2D eigenvalue weighted by atomic mass is 32.1. The fourth-order valence-electron chi connectivity index (χ4n) is 1.60. The van der Waals surface area contributed by atoms with E-state index in [1.54, 1.807) is 15.9 Å². The van der Waals surface area contributed by atoms with E-state index in [0.717, 1.165) is 27.7 Å². The molecule has 2 N–H and O–H groups in total. The van der Waals surface area contributed by atoms with Gasteiger partial charge in [0.05, 0.1) is 16.3 Å². The van der Waals surface area contributed by atoms with Gasteiger partial charge in [0.2, 0.25) is 0 Å². The first-order valence-corrected chi connectivity index (χ1v) is 5.79. The minimum Gasteiger partial charge on any atom is -0.397 e. The molecule has 0 aliphatic heterocycles. The van der Waals surface area contributed by atoms with E-state index in [1.165, 1.54) is 0 Å². The number of rotatable bonds is 1. The second kappa shape index (κ2) is 3.31. The number of aryl methyl sites for hydroxylation is 1. The summed E-state index contributed by atoms with van der Waals surface area (Å²) in [7, 11) is 0. The SMILES string of the molecule is Cc1c(N)ccc2nc(-c3cccs3)nn12. The van der Waals surface area contributed by atoms with Crippen molar-refractivity contribution in [1.82, 2.24) is 14.6 Å². The summed E-state index contributed by atoms with van der Waals surface area (Å²) in [5, 5.41) is 6.47. The molecule has 0 saturated carbocycles. The lowest BCUT2D eigenvalue weighted by Crippen LogP contribution is -1.98. The third-order valence-corrected chi connectivity index (χ3v) is 3.39. The molecule has 0 aliphatic rings. The first-order chi connectivity index (χ1) is 7.75. The Balaban J connectivity index is 2.28. The normalized spacial score (nSPS) is 11.1. The topological polar surface area (TPSA) is 56.2 Å². The van der Waals surface area contributed by atoms with Gasteiger partial charge in [0.15, 0.2) is 11.5 Å². The molecule has 80 valence electrons. The second-order valence-electron chi connectivity index (χ2n) is 3.56. The Kier molecular flexibility index (Phi) is 1.94. The van der Waals surface area contributed by atoms with Gasteiger partial charge in [0.1, 0.15) is 0 Å². The first kappa shape index (κ1) is 9.35. The molecule has 0 aliphatic carbocycles. The van der Waals surface area contributed by atoms with E-state index in [0.29, 0.717) is 0 Å². The van der Waals surface area contributed by atoms with Gasteiger partial charge in [-0.1, -0.05) is 6.07 Å². The minimum absolute atomic E-state index is 0.732. The van der Waals surface area contributed by atoms with Gasteiger partial charge in [-0.25, -0.2) is 9.50 Å². The zero-order chi connectivity index (χ0) is 11.1. The predicted molar refractivity (Wildman–Crippen MR) is 65.4 cm³/mol. The Morgan fingerprint density at radius 3 is 2.94 bits per heavy atom. The van der Waals surface area contributed by atoms with E-state index in [-0.39, 0.29) is 0 Å². The summed E-state index contributed by atoms with van der Waals surface area (Å²) >= 11 is 1.63. The zero-order valence-corrected chi connectivity index (χ0v) is 9.53. The maximum atomic E-state index is 5.83. The number of thiophene rings is 1. The molecule has 0 amide bonds. The van der Waals surface area contributed by atoms with Crippen LogP contribution in [0.2, 0.25) is 0 Å². The number of nitrogen functional groups attached to an aromatic ring is 1. The Bertz CT molecular complexity index is 639. The van der Waals surface area contributed by atoms with Crippen molar-refractivity contribution in [3.63, 3.8) is 0 Å². The van der Waals surface area contributed by atoms with Crippen LogP contribution in [0.15, 0.2) is 29.6 Å². The van der Waals surface area contributed by atoms with Crippen LogP contribution in [0.5, 0.6) is 0 Å². The molecule has 16 heavy (non-hydrogen) atoms. The number of aromatic nitrogens is 3. The van der Waals surface area contributed by atoms with Crippen LogP contribution >= 0.6 is 11.3 Å².